The maximum absolute atomic E-state index is 11.1. The van der Waals surface area contributed by atoms with E-state index in [0.717, 1.165) is 41.7 Å². The first-order valence-corrected chi connectivity index (χ1v) is 10.00. The summed E-state index contributed by atoms with van der Waals surface area (Å²) in [6.07, 6.45) is 5.24. The molecule has 0 fully saturated rings. The molecule has 0 spiro atoms. The zero-order valence-corrected chi connectivity index (χ0v) is 13.2. The SMILES string of the molecule is CCCCc1sc(C=O)c(CC)c1O[SiH](C)C. The van der Waals surface area contributed by atoms with Crippen molar-refractivity contribution in [3.63, 3.8) is 0 Å². The van der Waals surface area contributed by atoms with Crippen molar-refractivity contribution in [2.75, 3.05) is 0 Å². The lowest BCUT2D eigenvalue weighted by Gasteiger charge is -2.12. The van der Waals surface area contributed by atoms with E-state index in [0.29, 0.717) is 0 Å². The quantitative estimate of drug-likeness (QED) is 0.556. The van der Waals surface area contributed by atoms with Gasteiger partial charge in [0.2, 0.25) is 9.04 Å². The summed E-state index contributed by atoms with van der Waals surface area (Å²) >= 11 is 1.62. The smallest absolute Gasteiger partial charge is 0.229 e. The normalized spacial score (nSPS) is 10.9. The van der Waals surface area contributed by atoms with Crippen molar-refractivity contribution >= 4 is 26.7 Å². The van der Waals surface area contributed by atoms with Crippen LogP contribution in [0.2, 0.25) is 13.1 Å². The van der Waals surface area contributed by atoms with Gasteiger partial charge in [0.25, 0.3) is 0 Å². The largest absolute Gasteiger partial charge is 0.546 e. The molecule has 0 aliphatic heterocycles. The molecular weight excluding hydrogens is 248 g/mol. The summed E-state index contributed by atoms with van der Waals surface area (Å²) in [6, 6.07) is 0. The molecule has 0 bridgehead atoms. The fourth-order valence-corrected chi connectivity index (χ4v) is 3.85. The van der Waals surface area contributed by atoms with E-state index in [1.807, 2.05) is 0 Å². The van der Waals surface area contributed by atoms with Gasteiger partial charge in [-0.05, 0) is 32.4 Å². The number of rotatable bonds is 7. The van der Waals surface area contributed by atoms with Crippen molar-refractivity contribution in [1.82, 2.24) is 0 Å². The Bertz CT molecular complexity index is 372. The second kappa shape index (κ2) is 6.96. The number of aldehydes is 1. The highest BCUT2D eigenvalue weighted by molar-refractivity contribution is 7.14. The molecule has 1 heterocycles. The van der Waals surface area contributed by atoms with Gasteiger partial charge in [-0.3, -0.25) is 4.79 Å². The molecule has 0 unspecified atom stereocenters. The standard InChI is InChI=1S/C13H22O2SSi/c1-5-7-8-11-13(15-17(3)4)10(6-2)12(9-14)16-11/h9,17H,5-8H2,1-4H3. The predicted molar refractivity (Wildman–Crippen MR) is 77.2 cm³/mol. The summed E-state index contributed by atoms with van der Waals surface area (Å²) in [7, 11) is -1.11. The summed E-state index contributed by atoms with van der Waals surface area (Å²) in [5, 5.41) is 0. The number of carbonyl (C=O) groups excluding carboxylic acids is 1. The van der Waals surface area contributed by atoms with Gasteiger partial charge in [0.1, 0.15) is 5.75 Å². The third-order valence-corrected chi connectivity index (χ3v) is 4.54. The Balaban J connectivity index is 3.07. The molecular formula is C13H22O2SSi. The molecule has 0 saturated carbocycles. The van der Waals surface area contributed by atoms with Gasteiger partial charge in [-0.1, -0.05) is 20.3 Å². The first kappa shape index (κ1) is 14.4. The van der Waals surface area contributed by atoms with Gasteiger partial charge in [-0.25, -0.2) is 0 Å². The van der Waals surface area contributed by atoms with Crippen molar-refractivity contribution in [2.45, 2.75) is 52.6 Å². The van der Waals surface area contributed by atoms with Crippen LogP contribution in [0.4, 0.5) is 0 Å². The Morgan fingerprint density at radius 2 is 2.06 bits per heavy atom. The number of hydrogen-bond acceptors (Lipinski definition) is 3. The molecule has 96 valence electrons. The van der Waals surface area contributed by atoms with Gasteiger partial charge >= 0.3 is 0 Å². The summed E-state index contributed by atoms with van der Waals surface area (Å²) < 4.78 is 6.04. The molecule has 1 rings (SSSR count). The van der Waals surface area contributed by atoms with Gasteiger partial charge in [0.15, 0.2) is 6.29 Å². The van der Waals surface area contributed by atoms with E-state index in [9.17, 15) is 4.79 Å². The van der Waals surface area contributed by atoms with Crippen molar-refractivity contribution in [1.29, 1.82) is 0 Å². The molecule has 0 aliphatic carbocycles. The third-order valence-electron chi connectivity index (χ3n) is 2.63. The lowest BCUT2D eigenvalue weighted by atomic mass is 10.1. The monoisotopic (exact) mass is 270 g/mol. The number of unbranched alkanes of at least 4 members (excludes halogenated alkanes) is 1. The zero-order valence-electron chi connectivity index (χ0n) is 11.2. The van der Waals surface area contributed by atoms with Crippen LogP contribution in [-0.4, -0.2) is 15.3 Å². The van der Waals surface area contributed by atoms with Gasteiger partial charge in [-0.15, -0.1) is 11.3 Å². The van der Waals surface area contributed by atoms with Gasteiger partial charge < -0.3 is 4.43 Å². The Hall–Kier alpha value is -0.613. The van der Waals surface area contributed by atoms with Crippen LogP contribution in [0.3, 0.4) is 0 Å². The van der Waals surface area contributed by atoms with Crippen LogP contribution in [0.1, 0.15) is 46.8 Å². The lowest BCUT2D eigenvalue weighted by molar-refractivity contribution is 0.112. The van der Waals surface area contributed by atoms with E-state index >= 15 is 0 Å². The Morgan fingerprint density at radius 3 is 2.53 bits per heavy atom. The first-order chi connectivity index (χ1) is 8.13. The highest BCUT2D eigenvalue weighted by Gasteiger charge is 2.18. The second-order valence-electron chi connectivity index (χ2n) is 4.44. The average molecular weight is 270 g/mol. The zero-order chi connectivity index (χ0) is 12.8. The van der Waals surface area contributed by atoms with Gasteiger partial charge in [0.05, 0.1) is 4.88 Å². The minimum atomic E-state index is -1.11. The van der Waals surface area contributed by atoms with Crippen LogP contribution >= 0.6 is 11.3 Å². The molecule has 0 N–H and O–H groups in total. The van der Waals surface area contributed by atoms with Gasteiger partial charge in [0, 0.05) is 10.4 Å². The van der Waals surface area contributed by atoms with Crippen LogP contribution in [0.15, 0.2) is 0 Å². The maximum atomic E-state index is 11.1. The van der Waals surface area contributed by atoms with E-state index in [1.54, 1.807) is 11.3 Å². The molecule has 2 nitrogen and oxygen atoms in total. The summed E-state index contributed by atoms with van der Waals surface area (Å²) in [5.41, 5.74) is 1.12. The van der Waals surface area contributed by atoms with Crippen molar-refractivity contribution in [3.05, 3.63) is 15.3 Å². The lowest BCUT2D eigenvalue weighted by Crippen LogP contribution is -2.13. The minimum absolute atomic E-state index is 0.864. The Labute approximate surface area is 110 Å². The van der Waals surface area contributed by atoms with Crippen molar-refractivity contribution in [2.24, 2.45) is 0 Å². The number of aryl methyl sites for hydroxylation is 1. The number of hydrogen-bond donors (Lipinski definition) is 0. The second-order valence-corrected chi connectivity index (χ2v) is 7.91. The molecule has 0 amide bonds. The van der Waals surface area contributed by atoms with Crippen molar-refractivity contribution in [3.8, 4) is 5.75 Å². The minimum Gasteiger partial charge on any atom is -0.546 e. The topological polar surface area (TPSA) is 26.3 Å². The summed E-state index contributed by atoms with van der Waals surface area (Å²) in [5.74, 6) is 1.04. The molecule has 1 aromatic heterocycles. The van der Waals surface area contributed by atoms with Crippen LogP contribution in [-0.2, 0) is 12.8 Å². The van der Waals surface area contributed by atoms with Gasteiger partial charge in [-0.2, -0.15) is 0 Å². The van der Waals surface area contributed by atoms with E-state index in [2.05, 4.69) is 26.9 Å². The third kappa shape index (κ3) is 3.68. The first-order valence-electron chi connectivity index (χ1n) is 6.40. The average Bonchev–Trinajstić information content (AvgIpc) is 2.63. The number of thiophene rings is 1. The summed E-state index contributed by atoms with van der Waals surface area (Å²) in [4.78, 5) is 13.2. The Kier molecular flexibility index (Phi) is 5.92. The fraction of sp³-hybridized carbons (Fsp3) is 0.615. The van der Waals surface area contributed by atoms with Crippen LogP contribution < -0.4 is 4.43 Å². The molecule has 0 aromatic carbocycles. The van der Waals surface area contributed by atoms with E-state index in [-0.39, 0.29) is 0 Å². The van der Waals surface area contributed by atoms with Crippen molar-refractivity contribution < 1.29 is 9.22 Å². The molecule has 1 aromatic rings. The van der Waals surface area contributed by atoms with E-state index in [4.69, 9.17) is 4.43 Å². The molecule has 0 saturated heterocycles. The summed E-state index contributed by atoms with van der Waals surface area (Å²) in [6.45, 7) is 8.61. The molecule has 0 aliphatic rings. The molecule has 0 radical (unpaired) electrons. The van der Waals surface area contributed by atoms with Crippen LogP contribution in [0.25, 0.3) is 0 Å². The molecule has 0 atom stereocenters. The van der Waals surface area contributed by atoms with E-state index < -0.39 is 9.04 Å². The molecule has 17 heavy (non-hydrogen) atoms. The Morgan fingerprint density at radius 1 is 1.35 bits per heavy atom. The van der Waals surface area contributed by atoms with Crippen LogP contribution in [0, 0.1) is 0 Å². The van der Waals surface area contributed by atoms with Crippen LogP contribution in [0.5, 0.6) is 5.75 Å². The van der Waals surface area contributed by atoms with E-state index in [1.165, 1.54) is 11.3 Å². The highest BCUT2D eigenvalue weighted by Crippen LogP contribution is 2.36. The maximum Gasteiger partial charge on any atom is 0.229 e. The number of carbonyl (C=O) groups is 1. The molecule has 4 heteroatoms. The fourth-order valence-electron chi connectivity index (χ4n) is 1.83. The highest BCUT2D eigenvalue weighted by atomic mass is 32.1. The predicted octanol–water partition coefficient (Wildman–Crippen LogP) is 3.83.